The molecule has 0 fully saturated rings. The highest BCUT2D eigenvalue weighted by Gasteiger charge is 2.15. The molecule has 3 rings (SSSR count). The zero-order valence-corrected chi connectivity index (χ0v) is 16.4. The molecular formula is C20H18ClF2N3O3. The van der Waals surface area contributed by atoms with Gasteiger partial charge in [0, 0.05) is 11.2 Å². The third kappa shape index (κ3) is 5.23. The summed E-state index contributed by atoms with van der Waals surface area (Å²) < 4.78 is 36.5. The minimum atomic E-state index is -3.00. The molecule has 0 aliphatic carbocycles. The number of carbonyl (C=O) groups is 1. The van der Waals surface area contributed by atoms with Gasteiger partial charge in [0.05, 0.1) is 5.69 Å². The zero-order chi connectivity index (χ0) is 21.0. The third-order valence-corrected chi connectivity index (χ3v) is 4.59. The van der Waals surface area contributed by atoms with Gasteiger partial charge in [0.15, 0.2) is 12.4 Å². The van der Waals surface area contributed by atoms with E-state index in [4.69, 9.17) is 16.3 Å². The van der Waals surface area contributed by atoms with Crippen LogP contribution in [0.2, 0.25) is 5.02 Å². The fourth-order valence-corrected chi connectivity index (χ4v) is 2.75. The molecule has 152 valence electrons. The second-order valence-electron chi connectivity index (χ2n) is 6.21. The summed E-state index contributed by atoms with van der Waals surface area (Å²) in [5.41, 5.74) is 2.01. The van der Waals surface area contributed by atoms with Crippen LogP contribution in [-0.2, 0) is 6.73 Å². The van der Waals surface area contributed by atoms with Crippen molar-refractivity contribution in [1.29, 1.82) is 0 Å². The number of rotatable bonds is 7. The number of halogens is 3. The molecule has 0 bridgehead atoms. The summed E-state index contributed by atoms with van der Waals surface area (Å²) in [5, 5.41) is 7.34. The fraction of sp³-hybridized carbons (Fsp3) is 0.200. The summed E-state index contributed by atoms with van der Waals surface area (Å²) >= 11 is 6.14. The van der Waals surface area contributed by atoms with Gasteiger partial charge in [-0.3, -0.25) is 4.79 Å². The van der Waals surface area contributed by atoms with Crippen molar-refractivity contribution < 1.29 is 23.0 Å². The van der Waals surface area contributed by atoms with E-state index in [1.54, 1.807) is 12.3 Å². The maximum Gasteiger partial charge on any atom is 0.387 e. The van der Waals surface area contributed by atoms with Crippen LogP contribution in [0.25, 0.3) is 0 Å². The Bertz CT molecular complexity index is 1000. The molecule has 29 heavy (non-hydrogen) atoms. The van der Waals surface area contributed by atoms with Crippen molar-refractivity contribution >= 4 is 23.2 Å². The molecule has 0 aliphatic rings. The Morgan fingerprint density at radius 1 is 1.21 bits per heavy atom. The van der Waals surface area contributed by atoms with Crippen LogP contribution in [0.5, 0.6) is 11.5 Å². The van der Waals surface area contributed by atoms with Crippen molar-refractivity contribution in [1.82, 2.24) is 9.78 Å². The van der Waals surface area contributed by atoms with Crippen molar-refractivity contribution in [3.05, 3.63) is 70.5 Å². The van der Waals surface area contributed by atoms with E-state index in [2.05, 4.69) is 15.2 Å². The minimum absolute atomic E-state index is 0.0822. The largest absolute Gasteiger partial charge is 0.471 e. The second-order valence-corrected chi connectivity index (χ2v) is 6.59. The van der Waals surface area contributed by atoms with Gasteiger partial charge < -0.3 is 14.8 Å². The maximum atomic E-state index is 12.5. The number of benzene rings is 2. The van der Waals surface area contributed by atoms with Crippen LogP contribution >= 0.6 is 11.6 Å². The van der Waals surface area contributed by atoms with Gasteiger partial charge in [0.25, 0.3) is 5.91 Å². The minimum Gasteiger partial charge on any atom is -0.471 e. The number of hydrogen-bond donors (Lipinski definition) is 1. The van der Waals surface area contributed by atoms with Crippen molar-refractivity contribution in [2.45, 2.75) is 27.2 Å². The number of anilines is 1. The number of hydrogen-bond acceptors (Lipinski definition) is 4. The molecule has 3 aromatic rings. The first kappa shape index (κ1) is 20.6. The summed E-state index contributed by atoms with van der Waals surface area (Å²) in [4.78, 5) is 12.4. The number of alkyl halides is 2. The van der Waals surface area contributed by atoms with Crippen molar-refractivity contribution in [2.24, 2.45) is 0 Å². The second kappa shape index (κ2) is 8.91. The Balaban J connectivity index is 1.65. The average Bonchev–Trinajstić information content (AvgIpc) is 3.14. The number of ether oxygens (including phenoxy) is 2. The van der Waals surface area contributed by atoms with Crippen LogP contribution in [0, 0.1) is 13.8 Å². The standard InChI is InChI=1S/C20H18ClF2N3O3/c1-12-9-14(10-13(2)18(12)21)28-11-26-8-7-16(25-26)19(27)24-15-5-3-4-6-17(15)29-20(22)23/h3-10,20H,11H2,1-2H3,(H,24,27). The first-order valence-electron chi connectivity index (χ1n) is 8.61. The van der Waals surface area contributed by atoms with Crippen molar-refractivity contribution in [3.8, 4) is 11.5 Å². The number of amides is 1. The molecule has 1 amide bonds. The predicted octanol–water partition coefficient (Wildman–Crippen LogP) is 5.04. The highest BCUT2D eigenvalue weighted by atomic mass is 35.5. The molecule has 1 heterocycles. The maximum absolute atomic E-state index is 12.5. The highest BCUT2D eigenvalue weighted by Crippen LogP contribution is 2.27. The van der Waals surface area contributed by atoms with E-state index in [1.165, 1.54) is 28.9 Å². The van der Waals surface area contributed by atoms with E-state index >= 15 is 0 Å². The van der Waals surface area contributed by atoms with Gasteiger partial charge in [-0.25, -0.2) is 4.68 Å². The van der Waals surface area contributed by atoms with Crippen molar-refractivity contribution in [2.75, 3.05) is 5.32 Å². The molecular weight excluding hydrogens is 404 g/mol. The average molecular weight is 422 g/mol. The molecule has 0 saturated carbocycles. The van der Waals surface area contributed by atoms with E-state index in [9.17, 15) is 13.6 Å². The molecule has 0 spiro atoms. The van der Waals surface area contributed by atoms with Crippen LogP contribution in [0.1, 0.15) is 21.6 Å². The van der Waals surface area contributed by atoms with E-state index < -0.39 is 12.5 Å². The van der Waals surface area contributed by atoms with Crippen LogP contribution < -0.4 is 14.8 Å². The topological polar surface area (TPSA) is 65.4 Å². The van der Waals surface area contributed by atoms with E-state index in [-0.39, 0.29) is 23.9 Å². The van der Waals surface area contributed by atoms with Crippen molar-refractivity contribution in [3.63, 3.8) is 0 Å². The summed E-state index contributed by atoms with van der Waals surface area (Å²) in [6.07, 6.45) is 1.58. The quantitative estimate of drug-likeness (QED) is 0.580. The van der Waals surface area contributed by atoms with E-state index in [0.717, 1.165) is 11.1 Å². The van der Waals surface area contributed by atoms with Gasteiger partial charge in [-0.2, -0.15) is 13.9 Å². The van der Waals surface area contributed by atoms with Crippen LogP contribution in [0.15, 0.2) is 48.7 Å². The van der Waals surface area contributed by atoms with Gasteiger partial charge in [-0.1, -0.05) is 23.7 Å². The highest BCUT2D eigenvalue weighted by molar-refractivity contribution is 6.32. The van der Waals surface area contributed by atoms with Crippen LogP contribution in [0.3, 0.4) is 0 Å². The fourth-order valence-electron chi connectivity index (χ4n) is 2.64. The van der Waals surface area contributed by atoms with E-state index in [1.807, 2.05) is 26.0 Å². The zero-order valence-electron chi connectivity index (χ0n) is 15.7. The number of nitrogens with one attached hydrogen (secondary N) is 1. The summed E-state index contributed by atoms with van der Waals surface area (Å²) in [6.45, 7) is 0.853. The lowest BCUT2D eigenvalue weighted by atomic mass is 10.1. The normalized spacial score (nSPS) is 10.8. The number of nitrogens with zero attached hydrogens (tertiary/aromatic N) is 2. The Kier molecular flexibility index (Phi) is 6.33. The SMILES string of the molecule is Cc1cc(OCn2ccc(C(=O)Nc3ccccc3OC(F)F)n2)cc(C)c1Cl. The summed E-state index contributed by atoms with van der Waals surface area (Å²) in [6, 6.07) is 11.0. The molecule has 2 aromatic carbocycles. The Hall–Kier alpha value is -3.13. The molecule has 1 aromatic heterocycles. The van der Waals surface area contributed by atoms with Gasteiger partial charge in [0.1, 0.15) is 11.5 Å². The predicted molar refractivity (Wildman–Crippen MR) is 105 cm³/mol. The first-order valence-corrected chi connectivity index (χ1v) is 8.99. The van der Waals surface area contributed by atoms with Gasteiger partial charge >= 0.3 is 6.61 Å². The van der Waals surface area contributed by atoms with Gasteiger partial charge in [-0.05, 0) is 55.3 Å². The lowest BCUT2D eigenvalue weighted by Crippen LogP contribution is -2.15. The number of aromatic nitrogens is 2. The summed E-state index contributed by atoms with van der Waals surface area (Å²) in [7, 11) is 0. The molecule has 9 heteroatoms. The smallest absolute Gasteiger partial charge is 0.387 e. The number of aryl methyl sites for hydroxylation is 2. The van der Waals surface area contributed by atoms with Crippen LogP contribution in [0.4, 0.5) is 14.5 Å². The molecule has 0 aliphatic heterocycles. The Morgan fingerprint density at radius 3 is 2.59 bits per heavy atom. The number of carbonyl (C=O) groups excluding carboxylic acids is 1. The molecule has 0 atom stereocenters. The molecule has 6 nitrogen and oxygen atoms in total. The molecule has 0 unspecified atom stereocenters. The Morgan fingerprint density at radius 2 is 1.90 bits per heavy atom. The number of para-hydroxylation sites is 2. The van der Waals surface area contributed by atoms with Gasteiger partial charge in [0.2, 0.25) is 0 Å². The first-order chi connectivity index (χ1) is 13.8. The van der Waals surface area contributed by atoms with Crippen LogP contribution in [-0.4, -0.2) is 22.3 Å². The van der Waals surface area contributed by atoms with E-state index in [0.29, 0.717) is 10.8 Å². The summed E-state index contributed by atoms with van der Waals surface area (Å²) in [5.74, 6) is -0.0664. The lowest BCUT2D eigenvalue weighted by molar-refractivity contribution is -0.0493. The Labute approximate surface area is 171 Å². The molecule has 1 N–H and O–H groups in total. The third-order valence-electron chi connectivity index (χ3n) is 4.00. The van der Waals surface area contributed by atoms with Gasteiger partial charge in [-0.15, -0.1) is 0 Å². The molecule has 0 saturated heterocycles. The molecule has 0 radical (unpaired) electrons. The monoisotopic (exact) mass is 421 g/mol. The lowest BCUT2D eigenvalue weighted by Gasteiger charge is -2.11.